The summed E-state index contributed by atoms with van der Waals surface area (Å²) in [5, 5.41) is 0. The van der Waals surface area contributed by atoms with Crippen molar-refractivity contribution in [2.75, 3.05) is 0 Å². The topological polar surface area (TPSA) is 26.3 Å². The molecule has 8 fully saturated rings. The van der Waals surface area contributed by atoms with Gasteiger partial charge in [-0.1, -0.05) is 13.8 Å². The summed E-state index contributed by atoms with van der Waals surface area (Å²) in [5.41, 5.74) is -0.125. The van der Waals surface area contributed by atoms with Crippen molar-refractivity contribution in [3.8, 4) is 0 Å². The zero-order chi connectivity index (χ0) is 18.8. The zero-order valence-corrected chi connectivity index (χ0v) is 17.8. The van der Waals surface area contributed by atoms with Crippen molar-refractivity contribution in [2.24, 2.45) is 71.0 Å². The van der Waals surface area contributed by atoms with Crippen LogP contribution in [0, 0.1) is 71.0 Å². The Morgan fingerprint density at radius 1 is 0.786 bits per heavy atom. The molecule has 154 valence electrons. The van der Waals surface area contributed by atoms with E-state index >= 15 is 0 Å². The summed E-state index contributed by atoms with van der Waals surface area (Å²) in [6, 6.07) is 0. The fraction of sp³-hybridized carbons (Fsp3) is 0.962. The first kappa shape index (κ1) is 17.2. The molecule has 2 nitrogen and oxygen atoms in total. The first-order valence-electron chi connectivity index (χ1n) is 12.8. The molecule has 0 radical (unpaired) electrons. The Morgan fingerprint density at radius 3 is 2.07 bits per heavy atom. The lowest BCUT2D eigenvalue weighted by molar-refractivity contribution is -0.230. The second kappa shape index (κ2) is 5.58. The van der Waals surface area contributed by atoms with Crippen LogP contribution in [0.1, 0.15) is 78.1 Å². The third-order valence-electron chi connectivity index (χ3n) is 11.6. The quantitative estimate of drug-likeness (QED) is 0.462. The number of hydrogen-bond donors (Lipinski definition) is 0. The molecule has 0 aromatic carbocycles. The van der Waals surface area contributed by atoms with Gasteiger partial charge >= 0.3 is 5.97 Å². The third-order valence-corrected chi connectivity index (χ3v) is 11.6. The van der Waals surface area contributed by atoms with Crippen molar-refractivity contribution >= 4 is 5.97 Å². The standard InChI is InChI=1S/C26H38O2/c1-13(2)26(19-6-14-5-15(8-19)9-20(26)7-14)28-25(27)22-12-18-11-21(22)24-17-4-3-16(10-17)23(18)24/h13-24H,3-12H2,1-2H3. The molecule has 8 bridgehead atoms. The highest BCUT2D eigenvalue weighted by Crippen LogP contribution is 2.69. The van der Waals surface area contributed by atoms with Gasteiger partial charge in [0.2, 0.25) is 0 Å². The maximum Gasteiger partial charge on any atom is 0.309 e. The van der Waals surface area contributed by atoms with Crippen LogP contribution in [0.3, 0.4) is 0 Å². The zero-order valence-electron chi connectivity index (χ0n) is 17.8. The van der Waals surface area contributed by atoms with Gasteiger partial charge in [0, 0.05) is 0 Å². The van der Waals surface area contributed by atoms with Crippen molar-refractivity contribution in [1.29, 1.82) is 0 Å². The first-order chi connectivity index (χ1) is 13.5. The van der Waals surface area contributed by atoms with E-state index < -0.39 is 0 Å². The van der Waals surface area contributed by atoms with Crippen LogP contribution in [0.2, 0.25) is 0 Å². The fourth-order valence-corrected chi connectivity index (χ4v) is 11.2. The Kier molecular flexibility index (Phi) is 3.42. The maximum atomic E-state index is 13.7. The molecule has 0 heterocycles. The normalized spacial score (nSPS) is 60.0. The average Bonchev–Trinajstić information content (AvgIpc) is 3.42. The summed E-state index contributed by atoms with van der Waals surface area (Å²) in [7, 11) is 0. The minimum Gasteiger partial charge on any atom is -0.458 e. The third kappa shape index (κ3) is 1.99. The van der Waals surface area contributed by atoms with Crippen molar-refractivity contribution in [2.45, 2.75) is 83.7 Å². The highest BCUT2D eigenvalue weighted by atomic mass is 16.6. The predicted octanol–water partition coefficient (Wildman–Crippen LogP) is 5.70. The van der Waals surface area contributed by atoms with Crippen molar-refractivity contribution in [3.63, 3.8) is 0 Å². The molecule has 8 aliphatic rings. The Balaban J connectivity index is 1.15. The molecule has 0 N–H and O–H groups in total. The van der Waals surface area contributed by atoms with Gasteiger partial charge in [-0.05, 0) is 129 Å². The second-order valence-electron chi connectivity index (χ2n) is 12.7. The molecule has 28 heavy (non-hydrogen) atoms. The molecule has 0 saturated heterocycles. The van der Waals surface area contributed by atoms with Crippen LogP contribution < -0.4 is 0 Å². The molecule has 0 aromatic heterocycles. The van der Waals surface area contributed by atoms with E-state index in [4.69, 9.17) is 4.74 Å². The van der Waals surface area contributed by atoms with E-state index in [2.05, 4.69) is 13.8 Å². The van der Waals surface area contributed by atoms with Crippen LogP contribution in [0.4, 0.5) is 0 Å². The number of hydrogen-bond acceptors (Lipinski definition) is 2. The lowest BCUT2D eigenvalue weighted by atomic mass is 9.47. The molecule has 7 atom stereocenters. The number of fused-ring (bicyclic) bond motifs is 9. The van der Waals surface area contributed by atoms with Crippen LogP contribution in [0.15, 0.2) is 0 Å². The van der Waals surface area contributed by atoms with Gasteiger partial charge in [-0.25, -0.2) is 0 Å². The minimum atomic E-state index is -0.125. The minimum absolute atomic E-state index is 0.125. The van der Waals surface area contributed by atoms with Gasteiger partial charge in [-0.2, -0.15) is 0 Å². The molecule has 0 aromatic rings. The summed E-state index contributed by atoms with van der Waals surface area (Å²) >= 11 is 0. The maximum absolute atomic E-state index is 13.7. The first-order valence-corrected chi connectivity index (χ1v) is 12.8. The van der Waals surface area contributed by atoms with Crippen LogP contribution in [0.5, 0.6) is 0 Å². The van der Waals surface area contributed by atoms with Gasteiger partial charge in [-0.15, -0.1) is 0 Å². The van der Waals surface area contributed by atoms with Crippen LogP contribution in [-0.4, -0.2) is 11.6 Å². The van der Waals surface area contributed by atoms with Crippen LogP contribution in [-0.2, 0) is 9.53 Å². The van der Waals surface area contributed by atoms with Crippen molar-refractivity contribution in [3.05, 3.63) is 0 Å². The molecule has 8 saturated carbocycles. The number of carbonyl (C=O) groups is 1. The van der Waals surface area contributed by atoms with Crippen molar-refractivity contribution < 1.29 is 9.53 Å². The molecule has 0 amide bonds. The van der Waals surface area contributed by atoms with Gasteiger partial charge in [0.15, 0.2) is 0 Å². The molecule has 0 spiro atoms. The van der Waals surface area contributed by atoms with E-state index in [1.807, 2.05) is 0 Å². The molecule has 0 aliphatic heterocycles. The van der Waals surface area contributed by atoms with Gasteiger partial charge < -0.3 is 4.74 Å². The number of rotatable bonds is 3. The van der Waals surface area contributed by atoms with E-state index in [0.717, 1.165) is 41.4 Å². The smallest absolute Gasteiger partial charge is 0.309 e. The number of esters is 1. The summed E-state index contributed by atoms with van der Waals surface area (Å²) in [6.45, 7) is 4.70. The SMILES string of the molecule is CC(C)C1(OC(=O)C2CC3CC2C2C4CCC(C4)C32)C2CC3CC(C2)CC1C3. The van der Waals surface area contributed by atoms with Gasteiger partial charge in [0.05, 0.1) is 5.92 Å². The highest BCUT2D eigenvalue weighted by molar-refractivity contribution is 5.74. The van der Waals surface area contributed by atoms with Crippen molar-refractivity contribution in [1.82, 2.24) is 0 Å². The second-order valence-corrected chi connectivity index (χ2v) is 12.7. The van der Waals surface area contributed by atoms with E-state index in [9.17, 15) is 4.79 Å². The molecular weight excluding hydrogens is 344 g/mol. The van der Waals surface area contributed by atoms with E-state index in [1.165, 1.54) is 64.2 Å². The molecule has 2 heteroatoms. The summed E-state index contributed by atoms with van der Waals surface area (Å²) < 4.78 is 6.80. The van der Waals surface area contributed by atoms with Gasteiger partial charge in [0.25, 0.3) is 0 Å². The molecular formula is C26H38O2. The monoisotopic (exact) mass is 382 g/mol. The Labute approximate surface area is 170 Å². The summed E-state index contributed by atoms with van der Waals surface area (Å²) in [5.74, 6) is 9.55. The largest absolute Gasteiger partial charge is 0.458 e. The molecule has 7 unspecified atom stereocenters. The molecule has 8 rings (SSSR count). The van der Waals surface area contributed by atoms with Crippen LogP contribution >= 0.6 is 0 Å². The lowest BCUT2D eigenvalue weighted by Gasteiger charge is -2.62. The summed E-state index contributed by atoms with van der Waals surface area (Å²) in [6.07, 6.45) is 13.8. The van der Waals surface area contributed by atoms with Gasteiger partial charge in [0.1, 0.15) is 5.60 Å². The Hall–Kier alpha value is -0.530. The lowest BCUT2D eigenvalue weighted by Crippen LogP contribution is -2.62. The Bertz CT molecular complexity index is 667. The fourth-order valence-electron chi connectivity index (χ4n) is 11.2. The van der Waals surface area contributed by atoms with E-state index in [-0.39, 0.29) is 17.5 Å². The van der Waals surface area contributed by atoms with E-state index in [1.54, 1.807) is 0 Å². The van der Waals surface area contributed by atoms with E-state index in [0.29, 0.717) is 23.7 Å². The number of ether oxygens (including phenoxy) is 1. The predicted molar refractivity (Wildman–Crippen MR) is 108 cm³/mol. The molecule has 8 aliphatic carbocycles. The average molecular weight is 383 g/mol. The van der Waals surface area contributed by atoms with Gasteiger partial charge in [-0.3, -0.25) is 4.79 Å². The Morgan fingerprint density at radius 2 is 1.43 bits per heavy atom. The van der Waals surface area contributed by atoms with Crippen LogP contribution in [0.25, 0.3) is 0 Å². The summed E-state index contributed by atoms with van der Waals surface area (Å²) in [4.78, 5) is 13.7. The number of carbonyl (C=O) groups excluding carboxylic acids is 1. The highest BCUT2D eigenvalue weighted by Gasteiger charge is 2.65.